The average Bonchev–Trinajstić information content (AvgIpc) is 2.88. The number of rotatable bonds is 7. The molecule has 0 fully saturated rings. The van der Waals surface area contributed by atoms with E-state index in [-0.39, 0.29) is 0 Å². The fraction of sp³-hybridized carbons (Fsp3) is 0.129. The van der Waals surface area contributed by atoms with Crippen molar-refractivity contribution >= 4 is 10.8 Å². The van der Waals surface area contributed by atoms with Crippen LogP contribution < -0.4 is 14.2 Å². The molecule has 4 heteroatoms. The molecule has 0 amide bonds. The number of benzene rings is 4. The fourth-order valence-electron chi connectivity index (χ4n) is 3.99. The summed E-state index contributed by atoms with van der Waals surface area (Å²) in [4.78, 5) is 4.69. The van der Waals surface area contributed by atoms with Crippen molar-refractivity contribution in [3.63, 3.8) is 0 Å². The number of ether oxygens (including phenoxy) is 3. The van der Waals surface area contributed by atoms with Gasteiger partial charge in [-0.15, -0.1) is 0 Å². The van der Waals surface area contributed by atoms with Crippen molar-refractivity contribution in [2.75, 3.05) is 7.11 Å². The molecule has 0 radical (unpaired) electrons. The molecule has 5 aromatic rings. The number of pyridine rings is 1. The normalized spacial score (nSPS) is 10.8. The topological polar surface area (TPSA) is 40.6 Å². The predicted molar refractivity (Wildman–Crippen MR) is 140 cm³/mol. The van der Waals surface area contributed by atoms with Crippen LogP contribution in [-0.2, 0) is 6.42 Å². The van der Waals surface area contributed by atoms with Crippen molar-refractivity contribution in [3.05, 3.63) is 120 Å². The number of fused-ring (bicyclic) bond motifs is 1. The van der Waals surface area contributed by atoms with Gasteiger partial charge in [-0.1, -0.05) is 47.5 Å². The van der Waals surface area contributed by atoms with Crippen LogP contribution >= 0.6 is 0 Å². The van der Waals surface area contributed by atoms with Crippen molar-refractivity contribution < 1.29 is 14.2 Å². The Morgan fingerprint density at radius 2 is 1.29 bits per heavy atom. The molecule has 4 nitrogen and oxygen atoms in total. The van der Waals surface area contributed by atoms with E-state index in [4.69, 9.17) is 14.2 Å². The highest BCUT2D eigenvalue weighted by Crippen LogP contribution is 2.34. The average molecular weight is 462 g/mol. The van der Waals surface area contributed by atoms with E-state index in [1.807, 2.05) is 79.0 Å². The molecule has 1 aromatic heterocycles. The van der Waals surface area contributed by atoms with Gasteiger partial charge in [-0.25, -0.2) is 0 Å². The van der Waals surface area contributed by atoms with Crippen LogP contribution in [0.1, 0.15) is 22.4 Å². The highest BCUT2D eigenvalue weighted by molar-refractivity contribution is 5.86. The monoisotopic (exact) mass is 461 g/mol. The molecule has 5 rings (SSSR count). The van der Waals surface area contributed by atoms with E-state index in [2.05, 4.69) is 37.0 Å². The summed E-state index contributed by atoms with van der Waals surface area (Å²) in [6.45, 7) is 4.12. The first-order chi connectivity index (χ1) is 17.1. The summed E-state index contributed by atoms with van der Waals surface area (Å²) in [5.41, 5.74) is 4.46. The SMILES string of the molecule is COc1cc(Cc2nccc3ccc(Oc4ccc(C)cc4)cc23)ccc1Oc1ccc(C)cc1. The molecule has 0 aliphatic rings. The second-order valence-corrected chi connectivity index (χ2v) is 8.63. The standard InChI is InChI=1S/C31H27NO3/c1-21-4-10-25(11-5-21)34-27-14-9-24-16-17-32-29(28(24)20-27)18-23-8-15-30(31(19-23)33-3)35-26-12-6-22(2)7-13-26/h4-17,19-20H,18H2,1-3H3. The predicted octanol–water partition coefficient (Wildman–Crippen LogP) is 8.04. The van der Waals surface area contributed by atoms with Crippen molar-refractivity contribution in [3.8, 4) is 28.7 Å². The first kappa shape index (κ1) is 22.5. The molecule has 0 atom stereocenters. The van der Waals surface area contributed by atoms with Crippen LogP contribution in [-0.4, -0.2) is 12.1 Å². The Balaban J connectivity index is 1.41. The second-order valence-electron chi connectivity index (χ2n) is 8.63. The minimum absolute atomic E-state index is 0.659. The van der Waals surface area contributed by atoms with Gasteiger partial charge in [-0.3, -0.25) is 4.98 Å². The molecule has 4 aromatic carbocycles. The quantitative estimate of drug-likeness (QED) is 0.246. The Kier molecular flexibility index (Phi) is 6.36. The molecular formula is C31H27NO3. The van der Waals surface area contributed by atoms with Crippen LogP contribution in [0.5, 0.6) is 28.7 Å². The first-order valence-corrected chi connectivity index (χ1v) is 11.6. The molecule has 0 saturated carbocycles. The van der Waals surface area contributed by atoms with Crippen molar-refractivity contribution in [2.45, 2.75) is 20.3 Å². The largest absolute Gasteiger partial charge is 0.493 e. The minimum Gasteiger partial charge on any atom is -0.493 e. The lowest BCUT2D eigenvalue weighted by Gasteiger charge is -2.13. The number of nitrogens with zero attached hydrogens (tertiary/aromatic N) is 1. The lowest BCUT2D eigenvalue weighted by molar-refractivity contribution is 0.378. The maximum absolute atomic E-state index is 6.10. The van der Waals surface area contributed by atoms with Crippen LogP contribution in [0.4, 0.5) is 0 Å². The lowest BCUT2D eigenvalue weighted by atomic mass is 10.0. The lowest BCUT2D eigenvalue weighted by Crippen LogP contribution is -1.97. The number of hydrogen-bond donors (Lipinski definition) is 0. The number of aryl methyl sites for hydroxylation is 2. The summed E-state index contributed by atoms with van der Waals surface area (Å²) < 4.78 is 17.8. The molecule has 0 aliphatic carbocycles. The van der Waals surface area contributed by atoms with Gasteiger partial charge in [0.2, 0.25) is 0 Å². The van der Waals surface area contributed by atoms with Gasteiger partial charge < -0.3 is 14.2 Å². The van der Waals surface area contributed by atoms with Gasteiger partial charge in [-0.2, -0.15) is 0 Å². The minimum atomic E-state index is 0.659. The van der Waals surface area contributed by atoms with Crippen LogP contribution in [0.25, 0.3) is 10.8 Å². The van der Waals surface area contributed by atoms with Gasteiger partial charge in [0.1, 0.15) is 17.2 Å². The fourth-order valence-corrected chi connectivity index (χ4v) is 3.99. The smallest absolute Gasteiger partial charge is 0.169 e. The highest BCUT2D eigenvalue weighted by Gasteiger charge is 2.11. The van der Waals surface area contributed by atoms with Crippen LogP contribution in [0.3, 0.4) is 0 Å². The first-order valence-electron chi connectivity index (χ1n) is 11.6. The van der Waals surface area contributed by atoms with Gasteiger partial charge >= 0.3 is 0 Å². The number of methoxy groups -OCH3 is 1. The van der Waals surface area contributed by atoms with Gasteiger partial charge in [0.25, 0.3) is 0 Å². The van der Waals surface area contributed by atoms with Gasteiger partial charge in [0.15, 0.2) is 11.5 Å². The molecule has 0 bridgehead atoms. The Hall–Kier alpha value is -4.31. The Bertz CT molecular complexity index is 1460. The molecule has 0 saturated heterocycles. The molecular weight excluding hydrogens is 434 g/mol. The van der Waals surface area contributed by atoms with E-state index < -0.39 is 0 Å². The van der Waals surface area contributed by atoms with E-state index in [0.717, 1.165) is 39.3 Å². The zero-order valence-electron chi connectivity index (χ0n) is 20.1. The van der Waals surface area contributed by atoms with E-state index >= 15 is 0 Å². The van der Waals surface area contributed by atoms with Crippen LogP contribution in [0.15, 0.2) is 97.2 Å². The molecule has 0 N–H and O–H groups in total. The zero-order valence-corrected chi connectivity index (χ0v) is 20.1. The van der Waals surface area contributed by atoms with Crippen LogP contribution in [0, 0.1) is 13.8 Å². The molecule has 174 valence electrons. The molecule has 0 unspecified atom stereocenters. The molecule has 0 spiro atoms. The Morgan fingerprint density at radius 1 is 0.629 bits per heavy atom. The van der Waals surface area contributed by atoms with Gasteiger partial charge in [-0.05, 0) is 79.4 Å². The Labute approximate surface area is 205 Å². The third-order valence-electron chi connectivity index (χ3n) is 5.93. The van der Waals surface area contributed by atoms with Crippen molar-refractivity contribution in [2.24, 2.45) is 0 Å². The van der Waals surface area contributed by atoms with Crippen LogP contribution in [0.2, 0.25) is 0 Å². The van der Waals surface area contributed by atoms with Crippen molar-refractivity contribution in [1.29, 1.82) is 0 Å². The molecule has 1 heterocycles. The summed E-state index contributed by atoms with van der Waals surface area (Å²) in [7, 11) is 1.66. The van der Waals surface area contributed by atoms with Gasteiger partial charge in [0.05, 0.1) is 12.8 Å². The highest BCUT2D eigenvalue weighted by atomic mass is 16.5. The third-order valence-corrected chi connectivity index (χ3v) is 5.93. The summed E-state index contributed by atoms with van der Waals surface area (Å²) in [6.07, 6.45) is 2.51. The molecule has 35 heavy (non-hydrogen) atoms. The molecule has 0 aliphatic heterocycles. The third kappa shape index (κ3) is 5.28. The summed E-state index contributed by atoms with van der Waals surface area (Å²) in [5.74, 6) is 3.74. The summed E-state index contributed by atoms with van der Waals surface area (Å²) in [5, 5.41) is 2.19. The number of aromatic nitrogens is 1. The van der Waals surface area contributed by atoms with E-state index in [0.29, 0.717) is 17.9 Å². The Morgan fingerprint density at radius 3 is 1.97 bits per heavy atom. The van der Waals surface area contributed by atoms with Crippen molar-refractivity contribution in [1.82, 2.24) is 4.98 Å². The van der Waals surface area contributed by atoms with E-state index in [1.54, 1.807) is 7.11 Å². The zero-order chi connectivity index (χ0) is 24.2. The summed E-state index contributed by atoms with van der Waals surface area (Å²) >= 11 is 0. The maximum atomic E-state index is 6.10. The second kappa shape index (κ2) is 9.90. The maximum Gasteiger partial charge on any atom is 0.169 e. The van der Waals surface area contributed by atoms with E-state index in [9.17, 15) is 0 Å². The van der Waals surface area contributed by atoms with E-state index in [1.165, 1.54) is 11.1 Å². The van der Waals surface area contributed by atoms with Gasteiger partial charge in [0, 0.05) is 18.0 Å². The summed E-state index contributed by atoms with van der Waals surface area (Å²) in [6, 6.07) is 30.2. The number of hydrogen-bond acceptors (Lipinski definition) is 4.